The molecule has 4 nitrogen and oxygen atoms in total. The highest BCUT2D eigenvalue weighted by Gasteiger charge is 2.18. The second-order valence-corrected chi connectivity index (χ2v) is 5.01. The van der Waals surface area contributed by atoms with Gasteiger partial charge in [-0.2, -0.15) is 4.98 Å². The summed E-state index contributed by atoms with van der Waals surface area (Å²) in [6, 6.07) is 0. The quantitative estimate of drug-likeness (QED) is 0.838. The van der Waals surface area contributed by atoms with E-state index in [-0.39, 0.29) is 17.4 Å². The Morgan fingerprint density at radius 3 is 2.87 bits per heavy atom. The van der Waals surface area contributed by atoms with Crippen LogP contribution in [0.15, 0.2) is 10.7 Å². The summed E-state index contributed by atoms with van der Waals surface area (Å²) in [5, 5.41) is 12.3. The van der Waals surface area contributed by atoms with Crippen molar-refractivity contribution in [3.63, 3.8) is 0 Å². The topological polar surface area (TPSA) is 58.0 Å². The molecule has 1 aromatic rings. The fraction of sp³-hybridized carbons (Fsp3) is 0.556. The zero-order chi connectivity index (χ0) is 11.5. The van der Waals surface area contributed by atoms with Crippen LogP contribution in [-0.2, 0) is 0 Å². The highest BCUT2D eigenvalue weighted by atomic mass is 79.9. The lowest BCUT2D eigenvalue weighted by Gasteiger charge is -2.26. The number of nitrogens with one attached hydrogen (secondary N) is 1. The molecule has 6 heteroatoms. The largest absolute Gasteiger partial charge is 0.396 e. The van der Waals surface area contributed by atoms with Gasteiger partial charge in [0.05, 0.1) is 4.47 Å². The number of aromatic nitrogens is 2. The normalized spacial score (nSPS) is 11.5. The van der Waals surface area contributed by atoms with Gasteiger partial charge < -0.3 is 10.4 Å². The molecule has 2 N–H and O–H groups in total. The zero-order valence-corrected chi connectivity index (χ0v) is 10.9. The van der Waals surface area contributed by atoms with E-state index < -0.39 is 0 Å². The van der Waals surface area contributed by atoms with Crippen LogP contribution in [0.4, 0.5) is 5.82 Å². The molecule has 0 aliphatic heterocycles. The van der Waals surface area contributed by atoms with Crippen LogP contribution in [0, 0.1) is 0 Å². The average Bonchev–Trinajstić information content (AvgIpc) is 2.10. The van der Waals surface area contributed by atoms with E-state index in [2.05, 4.69) is 31.2 Å². The van der Waals surface area contributed by atoms with Crippen molar-refractivity contribution in [2.75, 3.05) is 11.9 Å². The number of anilines is 1. The lowest BCUT2D eigenvalue weighted by molar-refractivity contribution is 0.260. The number of aliphatic hydroxyl groups excluding tert-OH is 1. The first kappa shape index (κ1) is 12.7. The minimum atomic E-state index is -0.241. The minimum Gasteiger partial charge on any atom is -0.396 e. The Hall–Kier alpha value is -0.390. The third-order valence-electron chi connectivity index (χ3n) is 1.91. The third-order valence-corrected chi connectivity index (χ3v) is 2.67. The molecule has 1 aromatic heterocycles. The van der Waals surface area contributed by atoms with Gasteiger partial charge in [0.1, 0.15) is 5.82 Å². The molecule has 0 unspecified atom stereocenters. The molecular formula is C9H13BrClN3O. The van der Waals surface area contributed by atoms with Crippen LogP contribution in [0.1, 0.15) is 20.3 Å². The van der Waals surface area contributed by atoms with Crippen molar-refractivity contribution in [3.05, 3.63) is 16.0 Å². The highest BCUT2D eigenvalue weighted by molar-refractivity contribution is 9.10. The van der Waals surface area contributed by atoms with Gasteiger partial charge in [0.2, 0.25) is 5.28 Å². The van der Waals surface area contributed by atoms with E-state index in [0.717, 1.165) is 4.47 Å². The predicted molar refractivity (Wildman–Crippen MR) is 64.1 cm³/mol. The summed E-state index contributed by atoms with van der Waals surface area (Å²) in [6.45, 7) is 4.08. The number of nitrogens with zero attached hydrogens (tertiary/aromatic N) is 2. The number of rotatable bonds is 4. The van der Waals surface area contributed by atoms with Crippen LogP contribution in [0.25, 0.3) is 0 Å². The predicted octanol–water partition coefficient (Wildman–Crippen LogP) is 2.47. The maximum atomic E-state index is 8.89. The van der Waals surface area contributed by atoms with E-state index in [1.54, 1.807) is 6.20 Å². The first-order chi connectivity index (χ1) is 6.94. The monoisotopic (exact) mass is 293 g/mol. The van der Waals surface area contributed by atoms with Gasteiger partial charge in [-0.15, -0.1) is 0 Å². The second-order valence-electron chi connectivity index (χ2n) is 3.82. The second kappa shape index (κ2) is 5.09. The summed E-state index contributed by atoms with van der Waals surface area (Å²) in [5.41, 5.74) is -0.241. The number of hydrogen-bond donors (Lipinski definition) is 2. The van der Waals surface area contributed by atoms with Gasteiger partial charge in [-0.05, 0) is 47.8 Å². The zero-order valence-electron chi connectivity index (χ0n) is 8.59. The number of halogens is 2. The Morgan fingerprint density at radius 1 is 1.60 bits per heavy atom. The van der Waals surface area contributed by atoms with Crippen LogP contribution in [0.5, 0.6) is 0 Å². The van der Waals surface area contributed by atoms with E-state index >= 15 is 0 Å². The maximum Gasteiger partial charge on any atom is 0.224 e. The van der Waals surface area contributed by atoms with Gasteiger partial charge in [0.25, 0.3) is 0 Å². The molecule has 1 heterocycles. The summed E-state index contributed by atoms with van der Waals surface area (Å²) in [7, 11) is 0. The Bertz CT molecular complexity index is 346. The first-order valence-corrected chi connectivity index (χ1v) is 5.69. The van der Waals surface area contributed by atoms with E-state index in [9.17, 15) is 0 Å². The molecule has 0 fully saturated rings. The Labute approximate surface area is 102 Å². The minimum absolute atomic E-state index is 0.121. The molecule has 0 bridgehead atoms. The fourth-order valence-electron chi connectivity index (χ4n) is 1.10. The lowest BCUT2D eigenvalue weighted by atomic mass is 10.0. The molecular weight excluding hydrogens is 281 g/mol. The van der Waals surface area contributed by atoms with Crippen LogP contribution in [0.2, 0.25) is 5.28 Å². The SMILES string of the molecule is CC(C)(CCO)Nc1nc(Cl)ncc1Br. The highest BCUT2D eigenvalue weighted by Crippen LogP contribution is 2.24. The van der Waals surface area contributed by atoms with Crippen molar-refractivity contribution in [2.24, 2.45) is 0 Å². The van der Waals surface area contributed by atoms with Crippen molar-refractivity contribution in [1.29, 1.82) is 0 Å². The van der Waals surface area contributed by atoms with Gasteiger partial charge in [-0.3, -0.25) is 0 Å². The van der Waals surface area contributed by atoms with E-state index in [1.807, 2.05) is 13.8 Å². The molecule has 0 spiro atoms. The van der Waals surface area contributed by atoms with Crippen LogP contribution in [-0.4, -0.2) is 27.2 Å². The molecule has 15 heavy (non-hydrogen) atoms. The molecule has 0 aliphatic rings. The molecule has 84 valence electrons. The van der Waals surface area contributed by atoms with Gasteiger partial charge >= 0.3 is 0 Å². The average molecular weight is 295 g/mol. The molecule has 0 aromatic carbocycles. The van der Waals surface area contributed by atoms with Crippen LogP contribution in [0.3, 0.4) is 0 Å². The summed E-state index contributed by atoms with van der Waals surface area (Å²) in [6.07, 6.45) is 2.22. The maximum absolute atomic E-state index is 8.89. The van der Waals surface area contributed by atoms with E-state index in [4.69, 9.17) is 16.7 Å². The fourth-order valence-corrected chi connectivity index (χ4v) is 1.52. The summed E-state index contributed by atoms with van der Waals surface area (Å²) >= 11 is 9.02. The van der Waals surface area contributed by atoms with Gasteiger partial charge in [-0.1, -0.05) is 0 Å². The van der Waals surface area contributed by atoms with Crippen molar-refractivity contribution >= 4 is 33.3 Å². The number of hydrogen-bond acceptors (Lipinski definition) is 4. The van der Waals surface area contributed by atoms with Gasteiger partial charge in [0, 0.05) is 18.3 Å². The summed E-state index contributed by atoms with van der Waals surface area (Å²) < 4.78 is 0.748. The summed E-state index contributed by atoms with van der Waals surface area (Å²) in [4.78, 5) is 7.89. The first-order valence-electron chi connectivity index (χ1n) is 4.52. The molecule has 0 saturated carbocycles. The molecule has 0 amide bonds. The lowest BCUT2D eigenvalue weighted by Crippen LogP contribution is -2.32. The van der Waals surface area contributed by atoms with Gasteiger partial charge in [0.15, 0.2) is 0 Å². The molecule has 0 aliphatic carbocycles. The van der Waals surface area contributed by atoms with E-state index in [1.165, 1.54) is 0 Å². The van der Waals surface area contributed by atoms with Crippen LogP contribution >= 0.6 is 27.5 Å². The molecule has 0 saturated heterocycles. The van der Waals surface area contributed by atoms with Crippen molar-refractivity contribution in [2.45, 2.75) is 25.8 Å². The Morgan fingerprint density at radius 2 is 2.27 bits per heavy atom. The standard InChI is InChI=1S/C9H13BrClN3O/c1-9(2,3-4-15)14-7-6(10)5-12-8(11)13-7/h5,15H,3-4H2,1-2H3,(H,12,13,14). The Balaban J connectivity index is 2.83. The third kappa shape index (κ3) is 3.93. The molecule has 0 atom stereocenters. The molecule has 0 radical (unpaired) electrons. The Kier molecular flexibility index (Phi) is 4.31. The van der Waals surface area contributed by atoms with Crippen molar-refractivity contribution in [1.82, 2.24) is 9.97 Å². The van der Waals surface area contributed by atoms with Crippen LogP contribution < -0.4 is 5.32 Å². The smallest absolute Gasteiger partial charge is 0.224 e. The van der Waals surface area contributed by atoms with Crippen molar-refractivity contribution < 1.29 is 5.11 Å². The van der Waals surface area contributed by atoms with E-state index in [0.29, 0.717) is 12.2 Å². The number of aliphatic hydroxyl groups is 1. The molecule has 1 rings (SSSR count). The summed E-state index contributed by atoms with van der Waals surface area (Å²) in [5.74, 6) is 0.633. The van der Waals surface area contributed by atoms with Gasteiger partial charge in [-0.25, -0.2) is 4.98 Å². The van der Waals surface area contributed by atoms with Crippen molar-refractivity contribution in [3.8, 4) is 0 Å².